The predicted octanol–water partition coefficient (Wildman–Crippen LogP) is 2.27. The normalized spacial score (nSPS) is 14.8. The van der Waals surface area contributed by atoms with Gasteiger partial charge in [0.2, 0.25) is 0 Å². The molecule has 1 N–H and O–H groups in total. The summed E-state index contributed by atoms with van der Waals surface area (Å²) in [4.78, 5) is 38.3. The molecule has 1 fully saturated rings. The van der Waals surface area contributed by atoms with Crippen molar-refractivity contribution in [3.63, 3.8) is 0 Å². The average molecular weight is 373 g/mol. The highest BCUT2D eigenvalue weighted by molar-refractivity contribution is 7.17. The number of carbonyl (C=O) groups excluding carboxylic acids is 2. The zero-order chi connectivity index (χ0) is 18.5. The van der Waals surface area contributed by atoms with Gasteiger partial charge < -0.3 is 15.1 Å². The van der Waals surface area contributed by atoms with E-state index < -0.39 is 0 Å². The van der Waals surface area contributed by atoms with Gasteiger partial charge in [0.25, 0.3) is 11.8 Å². The van der Waals surface area contributed by atoms with Gasteiger partial charge in [0.15, 0.2) is 5.13 Å². The number of nitrogens with one attached hydrogen (secondary N) is 1. The Morgan fingerprint density at radius 1 is 1.15 bits per heavy atom. The van der Waals surface area contributed by atoms with Crippen LogP contribution in [0, 0.1) is 6.92 Å². The average Bonchev–Trinajstić information content (AvgIpc) is 2.87. The number of hydrogen-bond acceptors (Lipinski definition) is 6. The van der Waals surface area contributed by atoms with Crippen molar-refractivity contribution < 1.29 is 9.59 Å². The number of anilines is 1. The van der Waals surface area contributed by atoms with Crippen LogP contribution in [0.5, 0.6) is 0 Å². The number of thiazole rings is 1. The molecule has 2 amide bonds. The number of amides is 2. The molecule has 3 rings (SSSR count). The fourth-order valence-electron chi connectivity index (χ4n) is 2.94. The zero-order valence-corrected chi connectivity index (χ0v) is 15.9. The lowest BCUT2D eigenvalue weighted by Gasteiger charge is -2.21. The van der Waals surface area contributed by atoms with E-state index in [4.69, 9.17) is 0 Å². The molecule has 7 nitrogen and oxygen atoms in total. The lowest BCUT2D eigenvalue weighted by atomic mass is 10.3. The standard InChI is InChI=1S/C18H23N5O2S/c1-3-19-18-21-13(2)15(26-18)17(25)23-10-6-9-22(11-12-23)16(24)14-7-4-5-8-20-14/h4-5,7-8H,3,6,9-12H2,1-2H3,(H,19,21). The third kappa shape index (κ3) is 4.01. The van der Waals surface area contributed by atoms with E-state index >= 15 is 0 Å². The van der Waals surface area contributed by atoms with E-state index in [-0.39, 0.29) is 11.8 Å². The molecule has 0 radical (unpaired) electrons. The van der Waals surface area contributed by atoms with E-state index in [1.54, 1.807) is 23.2 Å². The SMILES string of the molecule is CCNc1nc(C)c(C(=O)N2CCCN(C(=O)c3ccccn3)CC2)s1. The topological polar surface area (TPSA) is 78.4 Å². The van der Waals surface area contributed by atoms with E-state index in [9.17, 15) is 9.59 Å². The second-order valence-corrected chi connectivity index (χ2v) is 7.12. The molecule has 8 heteroatoms. The number of aryl methyl sites for hydroxylation is 1. The summed E-state index contributed by atoms with van der Waals surface area (Å²) in [5, 5.41) is 3.93. The predicted molar refractivity (Wildman–Crippen MR) is 102 cm³/mol. The smallest absolute Gasteiger partial charge is 0.272 e. The molecule has 1 aliphatic rings. The van der Waals surface area contributed by atoms with Crippen LogP contribution in [0.2, 0.25) is 0 Å². The Kier molecular flexibility index (Phi) is 5.82. The monoisotopic (exact) mass is 373 g/mol. The lowest BCUT2D eigenvalue weighted by Crippen LogP contribution is -2.37. The Hall–Kier alpha value is -2.48. The quantitative estimate of drug-likeness (QED) is 0.889. The molecule has 26 heavy (non-hydrogen) atoms. The van der Waals surface area contributed by atoms with Crippen molar-refractivity contribution in [1.82, 2.24) is 19.8 Å². The molecular formula is C18H23N5O2S. The molecule has 0 bridgehead atoms. The second kappa shape index (κ2) is 8.27. The van der Waals surface area contributed by atoms with Crippen molar-refractivity contribution in [3.8, 4) is 0 Å². The van der Waals surface area contributed by atoms with Gasteiger partial charge in [-0.15, -0.1) is 0 Å². The minimum atomic E-state index is -0.0803. The van der Waals surface area contributed by atoms with Crippen LogP contribution in [0.25, 0.3) is 0 Å². The summed E-state index contributed by atoms with van der Waals surface area (Å²) >= 11 is 1.39. The van der Waals surface area contributed by atoms with Crippen LogP contribution >= 0.6 is 11.3 Å². The minimum Gasteiger partial charge on any atom is -0.362 e. The highest BCUT2D eigenvalue weighted by atomic mass is 32.1. The number of aromatic nitrogens is 2. The molecule has 0 aromatic carbocycles. The molecule has 138 valence electrons. The summed E-state index contributed by atoms with van der Waals surface area (Å²) in [6.07, 6.45) is 2.37. The van der Waals surface area contributed by atoms with Crippen LogP contribution in [0.1, 0.15) is 39.2 Å². The van der Waals surface area contributed by atoms with E-state index in [0.717, 1.165) is 23.8 Å². The molecule has 2 aromatic heterocycles. The highest BCUT2D eigenvalue weighted by Crippen LogP contribution is 2.24. The zero-order valence-electron chi connectivity index (χ0n) is 15.1. The number of pyridine rings is 1. The van der Waals surface area contributed by atoms with Crippen molar-refractivity contribution in [3.05, 3.63) is 40.7 Å². The molecule has 0 aliphatic carbocycles. The number of carbonyl (C=O) groups is 2. The van der Waals surface area contributed by atoms with Crippen LogP contribution < -0.4 is 5.32 Å². The maximum Gasteiger partial charge on any atom is 0.272 e. The summed E-state index contributed by atoms with van der Waals surface area (Å²) < 4.78 is 0. The molecule has 2 aromatic rings. The summed E-state index contributed by atoms with van der Waals surface area (Å²) in [5.41, 5.74) is 1.20. The van der Waals surface area contributed by atoms with Crippen molar-refractivity contribution >= 4 is 28.3 Å². The molecular weight excluding hydrogens is 350 g/mol. The van der Waals surface area contributed by atoms with Crippen LogP contribution in [0.3, 0.4) is 0 Å². The largest absolute Gasteiger partial charge is 0.362 e. The highest BCUT2D eigenvalue weighted by Gasteiger charge is 2.26. The molecule has 0 unspecified atom stereocenters. The molecule has 1 aliphatic heterocycles. The van der Waals surface area contributed by atoms with Crippen LogP contribution in [0.15, 0.2) is 24.4 Å². The van der Waals surface area contributed by atoms with Gasteiger partial charge in [0.1, 0.15) is 10.6 Å². The Morgan fingerprint density at radius 2 is 1.88 bits per heavy atom. The Balaban J connectivity index is 1.66. The first-order valence-electron chi connectivity index (χ1n) is 8.81. The third-order valence-electron chi connectivity index (χ3n) is 4.27. The van der Waals surface area contributed by atoms with Crippen LogP contribution in [-0.4, -0.2) is 64.3 Å². The van der Waals surface area contributed by atoms with Gasteiger partial charge in [0.05, 0.1) is 5.69 Å². The maximum atomic E-state index is 12.9. The second-order valence-electron chi connectivity index (χ2n) is 6.12. The fraction of sp³-hybridized carbons (Fsp3) is 0.444. The molecule has 0 saturated carbocycles. The van der Waals surface area contributed by atoms with Gasteiger partial charge in [-0.1, -0.05) is 17.4 Å². The summed E-state index contributed by atoms with van der Waals surface area (Å²) in [6, 6.07) is 5.32. The summed E-state index contributed by atoms with van der Waals surface area (Å²) in [7, 11) is 0. The Bertz CT molecular complexity index is 777. The van der Waals surface area contributed by atoms with Crippen molar-refractivity contribution in [2.24, 2.45) is 0 Å². The van der Waals surface area contributed by atoms with Crippen molar-refractivity contribution in [1.29, 1.82) is 0 Å². The van der Waals surface area contributed by atoms with Crippen LogP contribution in [0.4, 0.5) is 5.13 Å². The van der Waals surface area contributed by atoms with Gasteiger partial charge in [-0.3, -0.25) is 14.6 Å². The van der Waals surface area contributed by atoms with Gasteiger partial charge in [-0.2, -0.15) is 0 Å². The van der Waals surface area contributed by atoms with Gasteiger partial charge in [-0.05, 0) is 32.4 Å². The van der Waals surface area contributed by atoms with E-state index in [0.29, 0.717) is 36.8 Å². The van der Waals surface area contributed by atoms with Gasteiger partial charge in [-0.25, -0.2) is 4.98 Å². The first kappa shape index (κ1) is 18.3. The fourth-order valence-corrected chi connectivity index (χ4v) is 3.94. The molecule has 0 spiro atoms. The molecule has 3 heterocycles. The number of hydrogen-bond donors (Lipinski definition) is 1. The van der Waals surface area contributed by atoms with E-state index in [2.05, 4.69) is 15.3 Å². The van der Waals surface area contributed by atoms with E-state index in [1.165, 1.54) is 11.3 Å². The third-order valence-corrected chi connectivity index (χ3v) is 5.38. The minimum absolute atomic E-state index is 0.00344. The van der Waals surface area contributed by atoms with Gasteiger partial charge in [0, 0.05) is 38.9 Å². The number of nitrogens with zero attached hydrogens (tertiary/aromatic N) is 4. The van der Waals surface area contributed by atoms with Crippen molar-refractivity contribution in [2.75, 3.05) is 38.0 Å². The van der Waals surface area contributed by atoms with Crippen molar-refractivity contribution in [2.45, 2.75) is 20.3 Å². The summed E-state index contributed by atoms with van der Waals surface area (Å²) in [6.45, 7) is 6.93. The first-order chi connectivity index (χ1) is 12.6. The summed E-state index contributed by atoms with van der Waals surface area (Å²) in [5.74, 6) is -0.0837. The van der Waals surface area contributed by atoms with Crippen LogP contribution in [-0.2, 0) is 0 Å². The maximum absolute atomic E-state index is 12.9. The lowest BCUT2D eigenvalue weighted by molar-refractivity contribution is 0.0717. The van der Waals surface area contributed by atoms with E-state index in [1.807, 2.05) is 24.8 Å². The van der Waals surface area contributed by atoms with Gasteiger partial charge >= 0.3 is 0 Å². The Labute approximate surface area is 157 Å². The molecule has 1 saturated heterocycles. The first-order valence-corrected chi connectivity index (χ1v) is 9.62. The Morgan fingerprint density at radius 3 is 2.54 bits per heavy atom. The molecule has 0 atom stereocenters. The number of rotatable bonds is 4.